The first-order valence-corrected chi connectivity index (χ1v) is 7.03. The first-order valence-electron chi connectivity index (χ1n) is 6.26. The fraction of sp³-hybridized carbons (Fsp3) is 0.667. The van der Waals surface area contributed by atoms with Crippen molar-refractivity contribution in [1.29, 1.82) is 5.26 Å². The third-order valence-corrected chi connectivity index (χ3v) is 3.96. The van der Waals surface area contributed by atoms with E-state index < -0.39 is 0 Å². The molecule has 0 unspecified atom stereocenters. The van der Waals surface area contributed by atoms with E-state index in [2.05, 4.69) is 22.6 Å². The lowest BCUT2D eigenvalue weighted by Gasteiger charge is -2.28. The molecule has 1 aliphatic heterocycles. The zero-order chi connectivity index (χ0) is 13.0. The van der Waals surface area contributed by atoms with Gasteiger partial charge in [0.2, 0.25) is 0 Å². The zero-order valence-corrected chi connectivity index (χ0v) is 11.2. The molecule has 0 N–H and O–H groups in total. The van der Waals surface area contributed by atoms with Gasteiger partial charge in [-0.3, -0.25) is 4.79 Å². The lowest BCUT2D eigenvalue weighted by molar-refractivity contribution is 0.0711. The Labute approximate surface area is 111 Å². The summed E-state index contributed by atoms with van der Waals surface area (Å²) in [5, 5.41) is 12.9. The number of aryl methyl sites for hydroxylation is 1. The molecule has 1 aromatic rings. The first-order chi connectivity index (χ1) is 8.76. The van der Waals surface area contributed by atoms with E-state index in [9.17, 15) is 4.79 Å². The number of hydrogen-bond acceptors (Lipinski definition) is 5. The quantitative estimate of drug-likeness (QED) is 0.835. The Kier molecular flexibility index (Phi) is 4.26. The van der Waals surface area contributed by atoms with Gasteiger partial charge in [-0.05, 0) is 30.8 Å². The summed E-state index contributed by atoms with van der Waals surface area (Å²) in [4.78, 5) is 14.8. The molecule has 0 atom stereocenters. The molecule has 18 heavy (non-hydrogen) atoms. The van der Waals surface area contributed by atoms with Crippen LogP contribution in [0.5, 0.6) is 0 Å². The number of carbonyl (C=O) groups excluding carboxylic acids is 1. The Balaban J connectivity index is 2.03. The van der Waals surface area contributed by atoms with Gasteiger partial charge in [-0.2, -0.15) is 5.26 Å². The average Bonchev–Trinajstić information content (AvgIpc) is 2.87. The minimum Gasteiger partial charge on any atom is -0.338 e. The van der Waals surface area contributed by atoms with E-state index in [0.717, 1.165) is 31.4 Å². The van der Waals surface area contributed by atoms with Crippen LogP contribution in [-0.4, -0.2) is 33.5 Å². The molecule has 1 aromatic heterocycles. The van der Waals surface area contributed by atoms with E-state index in [0.29, 0.717) is 18.0 Å². The standard InChI is InChI=1S/C12H16N4OS/c1-2-3-10-11(18-15-14-10)12(17)16-6-4-9(8-13)5-7-16/h9H,2-7H2,1H3. The molecule has 1 aliphatic rings. The Morgan fingerprint density at radius 1 is 1.56 bits per heavy atom. The van der Waals surface area contributed by atoms with Crippen LogP contribution in [0, 0.1) is 17.2 Å². The molecule has 5 nitrogen and oxygen atoms in total. The highest BCUT2D eigenvalue weighted by Gasteiger charge is 2.26. The molecular formula is C12H16N4OS. The van der Waals surface area contributed by atoms with Crippen LogP contribution in [0.2, 0.25) is 0 Å². The van der Waals surface area contributed by atoms with Crippen molar-refractivity contribution >= 4 is 17.4 Å². The topological polar surface area (TPSA) is 69.9 Å². The molecule has 2 rings (SSSR count). The predicted octanol–water partition coefficient (Wildman–Crippen LogP) is 1.87. The Morgan fingerprint density at radius 2 is 2.28 bits per heavy atom. The monoisotopic (exact) mass is 264 g/mol. The fourth-order valence-electron chi connectivity index (χ4n) is 2.13. The summed E-state index contributed by atoms with van der Waals surface area (Å²) in [5.74, 6) is 0.133. The highest BCUT2D eigenvalue weighted by molar-refractivity contribution is 7.08. The maximum Gasteiger partial charge on any atom is 0.267 e. The largest absolute Gasteiger partial charge is 0.338 e. The van der Waals surface area contributed by atoms with E-state index in [1.165, 1.54) is 11.5 Å². The number of piperidine rings is 1. The Bertz CT molecular complexity index is 457. The van der Waals surface area contributed by atoms with Gasteiger partial charge >= 0.3 is 0 Å². The highest BCUT2D eigenvalue weighted by atomic mass is 32.1. The van der Waals surface area contributed by atoms with Gasteiger partial charge in [-0.25, -0.2) is 0 Å². The minimum atomic E-state index is 0.0323. The molecule has 96 valence electrons. The van der Waals surface area contributed by atoms with E-state index in [-0.39, 0.29) is 11.8 Å². The van der Waals surface area contributed by atoms with Crippen LogP contribution >= 0.6 is 11.5 Å². The van der Waals surface area contributed by atoms with Crippen molar-refractivity contribution in [2.75, 3.05) is 13.1 Å². The molecule has 0 bridgehead atoms. The van der Waals surface area contributed by atoms with Crippen molar-refractivity contribution < 1.29 is 4.79 Å². The molecule has 2 heterocycles. The van der Waals surface area contributed by atoms with Crippen LogP contribution in [0.4, 0.5) is 0 Å². The average molecular weight is 264 g/mol. The van der Waals surface area contributed by atoms with Gasteiger partial charge < -0.3 is 4.90 Å². The van der Waals surface area contributed by atoms with Crippen molar-refractivity contribution in [1.82, 2.24) is 14.5 Å². The summed E-state index contributed by atoms with van der Waals surface area (Å²) in [6.45, 7) is 3.40. The van der Waals surface area contributed by atoms with E-state index in [1.54, 1.807) is 0 Å². The molecule has 0 spiro atoms. The number of hydrogen-bond donors (Lipinski definition) is 0. The Morgan fingerprint density at radius 3 is 2.89 bits per heavy atom. The smallest absolute Gasteiger partial charge is 0.267 e. The second kappa shape index (κ2) is 5.91. The van der Waals surface area contributed by atoms with Crippen LogP contribution in [0.1, 0.15) is 41.6 Å². The maximum atomic E-state index is 12.3. The summed E-state index contributed by atoms with van der Waals surface area (Å²) in [7, 11) is 0. The highest BCUT2D eigenvalue weighted by Crippen LogP contribution is 2.21. The third-order valence-electron chi connectivity index (χ3n) is 3.20. The van der Waals surface area contributed by atoms with Gasteiger partial charge in [-0.1, -0.05) is 17.8 Å². The number of nitrogens with zero attached hydrogens (tertiary/aromatic N) is 4. The fourth-order valence-corrected chi connectivity index (χ4v) is 2.80. The van der Waals surface area contributed by atoms with Gasteiger partial charge in [0.1, 0.15) is 4.88 Å². The maximum absolute atomic E-state index is 12.3. The summed E-state index contributed by atoms with van der Waals surface area (Å²) in [6, 6.07) is 2.27. The van der Waals surface area contributed by atoms with E-state index >= 15 is 0 Å². The van der Waals surface area contributed by atoms with Crippen molar-refractivity contribution in [3.63, 3.8) is 0 Å². The van der Waals surface area contributed by atoms with Gasteiger partial charge in [0.25, 0.3) is 5.91 Å². The molecular weight excluding hydrogens is 248 g/mol. The third kappa shape index (κ3) is 2.67. The summed E-state index contributed by atoms with van der Waals surface area (Å²) < 4.78 is 3.88. The number of likely N-dealkylation sites (tertiary alicyclic amines) is 1. The number of amides is 1. The molecule has 6 heteroatoms. The van der Waals surface area contributed by atoms with Gasteiger partial charge in [0, 0.05) is 19.0 Å². The normalized spacial score (nSPS) is 16.6. The zero-order valence-electron chi connectivity index (χ0n) is 10.4. The van der Waals surface area contributed by atoms with Crippen molar-refractivity contribution in [3.8, 4) is 6.07 Å². The molecule has 1 saturated heterocycles. The molecule has 1 amide bonds. The molecule has 0 saturated carbocycles. The van der Waals surface area contributed by atoms with Gasteiger partial charge in [0.15, 0.2) is 0 Å². The second-order valence-electron chi connectivity index (χ2n) is 4.49. The predicted molar refractivity (Wildman–Crippen MR) is 68.1 cm³/mol. The number of aromatic nitrogens is 2. The van der Waals surface area contributed by atoms with Gasteiger partial charge in [0.05, 0.1) is 11.8 Å². The summed E-state index contributed by atoms with van der Waals surface area (Å²) in [5.41, 5.74) is 0.815. The molecule has 0 radical (unpaired) electrons. The van der Waals surface area contributed by atoms with Crippen molar-refractivity contribution in [3.05, 3.63) is 10.6 Å². The van der Waals surface area contributed by atoms with Crippen LogP contribution in [-0.2, 0) is 6.42 Å². The second-order valence-corrected chi connectivity index (χ2v) is 5.25. The Hall–Kier alpha value is -1.48. The summed E-state index contributed by atoms with van der Waals surface area (Å²) >= 11 is 1.18. The van der Waals surface area contributed by atoms with Crippen LogP contribution in [0.25, 0.3) is 0 Å². The summed E-state index contributed by atoms with van der Waals surface area (Å²) in [6.07, 6.45) is 3.31. The van der Waals surface area contributed by atoms with E-state index in [1.807, 2.05) is 4.90 Å². The lowest BCUT2D eigenvalue weighted by atomic mass is 9.98. The van der Waals surface area contributed by atoms with Crippen molar-refractivity contribution in [2.45, 2.75) is 32.6 Å². The van der Waals surface area contributed by atoms with Crippen molar-refractivity contribution in [2.24, 2.45) is 5.92 Å². The SMILES string of the molecule is CCCc1nnsc1C(=O)N1CCC(C#N)CC1. The first kappa shape index (κ1) is 13.0. The molecule has 0 aromatic carbocycles. The van der Waals surface area contributed by atoms with E-state index in [4.69, 9.17) is 5.26 Å². The van der Waals surface area contributed by atoms with Crippen LogP contribution < -0.4 is 0 Å². The van der Waals surface area contributed by atoms with Crippen LogP contribution in [0.15, 0.2) is 0 Å². The molecule has 0 aliphatic carbocycles. The number of nitriles is 1. The minimum absolute atomic E-state index is 0.0323. The number of rotatable bonds is 3. The number of carbonyl (C=O) groups is 1. The lowest BCUT2D eigenvalue weighted by Crippen LogP contribution is -2.38. The van der Waals surface area contributed by atoms with Gasteiger partial charge in [-0.15, -0.1) is 5.10 Å². The molecule has 1 fully saturated rings. The van der Waals surface area contributed by atoms with Crippen LogP contribution in [0.3, 0.4) is 0 Å².